The van der Waals surface area contributed by atoms with Crippen molar-refractivity contribution < 1.29 is 0 Å². The molecule has 1 fully saturated rings. The van der Waals surface area contributed by atoms with E-state index in [1.165, 1.54) is 18.5 Å². The molecule has 3 rings (SSSR count). The van der Waals surface area contributed by atoms with E-state index in [4.69, 9.17) is 0 Å². The molecular weight excluding hydrogens is 236 g/mol. The maximum atomic E-state index is 4.27. The summed E-state index contributed by atoms with van der Waals surface area (Å²) >= 11 is 0. The van der Waals surface area contributed by atoms with E-state index in [0.29, 0.717) is 6.04 Å². The highest BCUT2D eigenvalue weighted by Gasteiger charge is 2.29. The first-order valence-corrected chi connectivity index (χ1v) is 6.96. The lowest BCUT2D eigenvalue weighted by atomic mass is 9.88. The molecule has 0 spiro atoms. The van der Waals surface area contributed by atoms with Gasteiger partial charge in [-0.3, -0.25) is 0 Å². The molecule has 1 saturated heterocycles. The normalized spacial score (nSPS) is 22.6. The van der Waals surface area contributed by atoms with Gasteiger partial charge in [-0.05, 0) is 51.4 Å². The summed E-state index contributed by atoms with van der Waals surface area (Å²) in [5.41, 5.74) is 3.63. The average molecular weight is 258 g/mol. The van der Waals surface area contributed by atoms with Gasteiger partial charge in [-0.15, -0.1) is 0 Å². The first-order valence-electron chi connectivity index (χ1n) is 6.96. The van der Waals surface area contributed by atoms with Crippen LogP contribution >= 0.6 is 0 Å². The number of hydrogen-bond acceptors (Lipinski definition) is 3. The molecule has 4 heteroatoms. The summed E-state index contributed by atoms with van der Waals surface area (Å²) in [5.74, 6) is 0. The van der Waals surface area contributed by atoms with E-state index in [2.05, 4.69) is 59.3 Å². The van der Waals surface area contributed by atoms with Gasteiger partial charge in [0, 0.05) is 24.3 Å². The van der Waals surface area contributed by atoms with E-state index >= 15 is 0 Å². The number of rotatable bonds is 2. The maximum absolute atomic E-state index is 4.27. The van der Waals surface area contributed by atoms with Gasteiger partial charge in [0.2, 0.25) is 0 Å². The lowest BCUT2D eigenvalue weighted by Crippen LogP contribution is -2.52. The molecule has 1 aromatic carbocycles. The number of nitrogens with one attached hydrogen (secondary N) is 2. The minimum atomic E-state index is 0.231. The molecule has 0 radical (unpaired) electrons. The number of H-pyrrole nitrogens is 1. The van der Waals surface area contributed by atoms with Crippen LogP contribution < -0.4 is 10.2 Å². The summed E-state index contributed by atoms with van der Waals surface area (Å²) in [4.78, 5) is 9.86. The maximum Gasteiger partial charge on any atom is 0.0931 e. The Bertz CT molecular complexity index is 572. The standard InChI is InChI=1S/C15H22N4/c1-15(2)9-12(6-7-18-15)19(3)11-4-5-13-14(8-11)17-10-16-13/h4-5,8,10,12,18H,6-7,9H2,1-3H3,(H,16,17). The largest absolute Gasteiger partial charge is 0.371 e. The van der Waals surface area contributed by atoms with Gasteiger partial charge in [-0.25, -0.2) is 4.98 Å². The molecule has 2 N–H and O–H groups in total. The third-order valence-electron chi connectivity index (χ3n) is 4.19. The van der Waals surface area contributed by atoms with Crippen molar-refractivity contribution in [3.8, 4) is 0 Å². The van der Waals surface area contributed by atoms with Crippen LogP contribution in [0.4, 0.5) is 5.69 Å². The minimum absolute atomic E-state index is 0.231. The molecule has 102 valence electrons. The molecule has 0 saturated carbocycles. The molecule has 1 aliphatic heterocycles. The highest BCUT2D eigenvalue weighted by atomic mass is 15.2. The number of anilines is 1. The van der Waals surface area contributed by atoms with Gasteiger partial charge in [0.05, 0.1) is 17.4 Å². The second-order valence-corrected chi connectivity index (χ2v) is 6.17. The van der Waals surface area contributed by atoms with E-state index in [1.54, 1.807) is 6.33 Å². The Morgan fingerprint density at radius 1 is 1.37 bits per heavy atom. The van der Waals surface area contributed by atoms with Crippen molar-refractivity contribution in [1.29, 1.82) is 0 Å². The fourth-order valence-corrected chi connectivity index (χ4v) is 3.02. The lowest BCUT2D eigenvalue weighted by Gasteiger charge is -2.41. The first kappa shape index (κ1) is 12.5. The number of aromatic amines is 1. The molecule has 0 amide bonds. The van der Waals surface area contributed by atoms with E-state index in [1.807, 2.05) is 0 Å². The van der Waals surface area contributed by atoms with Crippen LogP contribution in [0.1, 0.15) is 26.7 Å². The lowest BCUT2D eigenvalue weighted by molar-refractivity contribution is 0.272. The highest BCUT2D eigenvalue weighted by molar-refractivity contribution is 5.79. The molecular formula is C15H22N4. The van der Waals surface area contributed by atoms with Gasteiger partial charge in [-0.1, -0.05) is 0 Å². The number of aromatic nitrogens is 2. The smallest absolute Gasteiger partial charge is 0.0931 e. The molecule has 19 heavy (non-hydrogen) atoms. The van der Waals surface area contributed by atoms with Crippen LogP contribution in [0.25, 0.3) is 11.0 Å². The van der Waals surface area contributed by atoms with Crippen LogP contribution in [0, 0.1) is 0 Å². The number of piperidine rings is 1. The first-order chi connectivity index (χ1) is 9.05. The van der Waals surface area contributed by atoms with Crippen molar-refractivity contribution in [2.45, 2.75) is 38.3 Å². The second-order valence-electron chi connectivity index (χ2n) is 6.17. The number of benzene rings is 1. The molecule has 0 aliphatic carbocycles. The third kappa shape index (κ3) is 2.45. The Kier molecular flexibility index (Phi) is 2.97. The highest BCUT2D eigenvalue weighted by Crippen LogP contribution is 2.27. The Hall–Kier alpha value is -1.55. The Morgan fingerprint density at radius 3 is 3.00 bits per heavy atom. The SMILES string of the molecule is CN(c1ccc2nc[nH]c2c1)C1CCNC(C)(C)C1. The number of fused-ring (bicyclic) bond motifs is 1. The van der Waals surface area contributed by atoms with Gasteiger partial charge in [0.15, 0.2) is 0 Å². The monoisotopic (exact) mass is 258 g/mol. The average Bonchev–Trinajstić information content (AvgIpc) is 2.83. The topological polar surface area (TPSA) is 44.0 Å². The van der Waals surface area contributed by atoms with Gasteiger partial charge < -0.3 is 15.2 Å². The van der Waals surface area contributed by atoms with Crippen molar-refractivity contribution in [2.24, 2.45) is 0 Å². The molecule has 1 aromatic heterocycles. The zero-order valence-corrected chi connectivity index (χ0v) is 11.9. The summed E-state index contributed by atoms with van der Waals surface area (Å²) in [7, 11) is 2.20. The second kappa shape index (κ2) is 4.53. The van der Waals surface area contributed by atoms with Gasteiger partial charge >= 0.3 is 0 Å². The Morgan fingerprint density at radius 2 is 2.21 bits per heavy atom. The fourth-order valence-electron chi connectivity index (χ4n) is 3.02. The van der Waals surface area contributed by atoms with E-state index in [-0.39, 0.29) is 5.54 Å². The minimum Gasteiger partial charge on any atom is -0.371 e. The van der Waals surface area contributed by atoms with Gasteiger partial charge in [0.1, 0.15) is 0 Å². The van der Waals surface area contributed by atoms with Crippen molar-refractivity contribution in [1.82, 2.24) is 15.3 Å². The molecule has 1 atom stereocenters. The van der Waals surface area contributed by atoms with Crippen LogP contribution in [-0.2, 0) is 0 Å². The summed E-state index contributed by atoms with van der Waals surface area (Å²) in [6.45, 7) is 5.66. The van der Waals surface area contributed by atoms with Crippen molar-refractivity contribution in [3.63, 3.8) is 0 Å². The molecule has 1 unspecified atom stereocenters. The predicted octanol–water partition coefficient (Wildman–Crippen LogP) is 2.53. The van der Waals surface area contributed by atoms with Crippen LogP contribution in [-0.4, -0.2) is 35.1 Å². The van der Waals surface area contributed by atoms with E-state index in [9.17, 15) is 0 Å². The number of imidazole rings is 1. The quantitative estimate of drug-likeness (QED) is 0.870. The summed E-state index contributed by atoms with van der Waals surface area (Å²) < 4.78 is 0. The molecule has 1 aliphatic rings. The number of nitrogens with zero attached hydrogens (tertiary/aromatic N) is 2. The predicted molar refractivity (Wildman–Crippen MR) is 79.6 cm³/mol. The molecule has 4 nitrogen and oxygen atoms in total. The Balaban J connectivity index is 1.84. The van der Waals surface area contributed by atoms with Gasteiger partial charge in [0.25, 0.3) is 0 Å². The van der Waals surface area contributed by atoms with Crippen molar-refractivity contribution in [3.05, 3.63) is 24.5 Å². The zero-order valence-electron chi connectivity index (χ0n) is 11.9. The number of hydrogen-bond donors (Lipinski definition) is 2. The summed E-state index contributed by atoms with van der Waals surface area (Å²) in [5, 5.41) is 3.58. The third-order valence-corrected chi connectivity index (χ3v) is 4.19. The van der Waals surface area contributed by atoms with Crippen LogP contribution in [0.15, 0.2) is 24.5 Å². The molecule has 2 aromatic rings. The molecule has 2 heterocycles. The van der Waals surface area contributed by atoms with E-state index < -0.39 is 0 Å². The summed E-state index contributed by atoms with van der Waals surface area (Å²) in [6.07, 6.45) is 4.12. The fraction of sp³-hybridized carbons (Fsp3) is 0.533. The van der Waals surface area contributed by atoms with E-state index in [0.717, 1.165) is 17.6 Å². The Labute approximate surface area is 114 Å². The van der Waals surface area contributed by atoms with Crippen LogP contribution in [0.2, 0.25) is 0 Å². The van der Waals surface area contributed by atoms with Crippen molar-refractivity contribution >= 4 is 16.7 Å². The zero-order chi connectivity index (χ0) is 13.5. The van der Waals surface area contributed by atoms with Crippen LogP contribution in [0.3, 0.4) is 0 Å². The van der Waals surface area contributed by atoms with Crippen LogP contribution in [0.5, 0.6) is 0 Å². The summed E-state index contributed by atoms with van der Waals surface area (Å²) in [6, 6.07) is 7.04. The van der Waals surface area contributed by atoms with Gasteiger partial charge in [-0.2, -0.15) is 0 Å². The van der Waals surface area contributed by atoms with Crippen molar-refractivity contribution in [2.75, 3.05) is 18.5 Å². The molecule has 0 bridgehead atoms.